The summed E-state index contributed by atoms with van der Waals surface area (Å²) in [6.45, 7) is 13.2. The third-order valence-electron chi connectivity index (χ3n) is 4.37. The number of amides is 1. The Kier molecular flexibility index (Phi) is 10.2. The highest BCUT2D eigenvalue weighted by Crippen LogP contribution is 2.13. The maximum Gasteiger partial charge on any atom is 0.251 e. The van der Waals surface area contributed by atoms with Crippen LogP contribution in [0.1, 0.15) is 70.7 Å². The lowest BCUT2D eigenvalue weighted by atomic mass is 10.2. The maximum atomic E-state index is 12.2. The van der Waals surface area contributed by atoms with Crippen molar-refractivity contribution in [1.29, 1.82) is 0 Å². The van der Waals surface area contributed by atoms with Crippen molar-refractivity contribution in [3.8, 4) is 5.75 Å². The Hall–Kier alpha value is -1.55. The molecule has 0 bridgehead atoms. The number of carbonyl (C=O) groups is 1. The summed E-state index contributed by atoms with van der Waals surface area (Å²) in [5.74, 6) is 0.806. The second kappa shape index (κ2) is 11.9. The summed E-state index contributed by atoms with van der Waals surface area (Å²) >= 11 is 0. The molecule has 1 rings (SSSR count). The molecular formula is C21H36N2O2. The Balaban J connectivity index is 2.36. The first-order valence-electron chi connectivity index (χ1n) is 9.72. The molecule has 0 aliphatic rings. The summed E-state index contributed by atoms with van der Waals surface area (Å²) in [7, 11) is 0. The SMILES string of the molecule is CCCCCCOc1ccc(C(=O)NCCN(C(C)C)C(C)C)cc1. The average Bonchev–Trinajstić information content (AvgIpc) is 2.58. The topological polar surface area (TPSA) is 41.6 Å². The second-order valence-electron chi connectivity index (χ2n) is 7.11. The first kappa shape index (κ1) is 21.5. The fourth-order valence-corrected chi connectivity index (χ4v) is 2.93. The van der Waals surface area contributed by atoms with Gasteiger partial charge in [-0.3, -0.25) is 9.69 Å². The fraction of sp³-hybridized carbons (Fsp3) is 0.667. The van der Waals surface area contributed by atoms with Crippen LogP contribution in [0, 0.1) is 0 Å². The van der Waals surface area contributed by atoms with E-state index in [9.17, 15) is 4.79 Å². The molecule has 0 unspecified atom stereocenters. The minimum atomic E-state index is -0.0260. The predicted molar refractivity (Wildman–Crippen MR) is 105 cm³/mol. The molecule has 4 nitrogen and oxygen atoms in total. The summed E-state index contributed by atoms with van der Waals surface area (Å²) < 4.78 is 5.71. The molecule has 1 amide bonds. The number of ether oxygens (including phenoxy) is 1. The fourth-order valence-electron chi connectivity index (χ4n) is 2.93. The zero-order chi connectivity index (χ0) is 18.7. The van der Waals surface area contributed by atoms with E-state index in [1.165, 1.54) is 19.3 Å². The van der Waals surface area contributed by atoms with Crippen LogP contribution in [0.5, 0.6) is 5.75 Å². The van der Waals surface area contributed by atoms with Crippen LogP contribution >= 0.6 is 0 Å². The standard InChI is InChI=1S/C21H36N2O2/c1-6-7-8-9-16-25-20-12-10-19(11-13-20)21(24)22-14-15-23(17(2)3)18(4)5/h10-13,17-18H,6-9,14-16H2,1-5H3,(H,22,24). The second-order valence-corrected chi connectivity index (χ2v) is 7.11. The highest BCUT2D eigenvalue weighted by Gasteiger charge is 2.13. The molecule has 0 aliphatic carbocycles. The first-order chi connectivity index (χ1) is 12.0. The highest BCUT2D eigenvalue weighted by atomic mass is 16.5. The molecule has 0 spiro atoms. The predicted octanol–water partition coefficient (Wildman–Crippen LogP) is 4.49. The smallest absolute Gasteiger partial charge is 0.251 e. The summed E-state index contributed by atoms with van der Waals surface area (Å²) in [4.78, 5) is 14.6. The minimum Gasteiger partial charge on any atom is -0.494 e. The van der Waals surface area contributed by atoms with E-state index in [1.54, 1.807) is 0 Å². The van der Waals surface area contributed by atoms with Gasteiger partial charge >= 0.3 is 0 Å². The number of rotatable bonds is 12. The normalized spacial score (nSPS) is 11.4. The van der Waals surface area contributed by atoms with E-state index in [2.05, 4.69) is 44.8 Å². The lowest BCUT2D eigenvalue weighted by molar-refractivity contribution is 0.0939. The van der Waals surface area contributed by atoms with E-state index >= 15 is 0 Å². The van der Waals surface area contributed by atoms with Crippen molar-refractivity contribution in [3.63, 3.8) is 0 Å². The van der Waals surface area contributed by atoms with Crippen LogP contribution in [0.3, 0.4) is 0 Å². The molecule has 1 N–H and O–H groups in total. The van der Waals surface area contributed by atoms with Gasteiger partial charge in [-0.2, -0.15) is 0 Å². The zero-order valence-corrected chi connectivity index (χ0v) is 16.7. The quantitative estimate of drug-likeness (QED) is 0.566. The van der Waals surface area contributed by atoms with Crippen molar-refractivity contribution < 1.29 is 9.53 Å². The minimum absolute atomic E-state index is 0.0260. The number of nitrogens with one attached hydrogen (secondary N) is 1. The summed E-state index contributed by atoms with van der Waals surface area (Å²) in [5, 5.41) is 3.00. The molecule has 0 heterocycles. The monoisotopic (exact) mass is 348 g/mol. The average molecular weight is 349 g/mol. The summed E-state index contributed by atoms with van der Waals surface area (Å²) in [6.07, 6.45) is 4.78. The van der Waals surface area contributed by atoms with Crippen LogP contribution < -0.4 is 10.1 Å². The molecule has 0 aromatic heterocycles. The lowest BCUT2D eigenvalue weighted by Crippen LogP contribution is -2.42. The van der Waals surface area contributed by atoms with Crippen LogP contribution in [-0.4, -0.2) is 42.6 Å². The molecule has 1 aromatic carbocycles. The molecule has 0 radical (unpaired) electrons. The van der Waals surface area contributed by atoms with Gasteiger partial charge < -0.3 is 10.1 Å². The number of benzene rings is 1. The van der Waals surface area contributed by atoms with Crippen LogP contribution in [0.15, 0.2) is 24.3 Å². The van der Waals surface area contributed by atoms with Crippen molar-refractivity contribution >= 4 is 5.91 Å². The van der Waals surface area contributed by atoms with Gasteiger partial charge in [-0.25, -0.2) is 0 Å². The van der Waals surface area contributed by atoms with E-state index in [4.69, 9.17) is 4.74 Å². The van der Waals surface area contributed by atoms with Crippen LogP contribution in [0.2, 0.25) is 0 Å². The van der Waals surface area contributed by atoms with Crippen LogP contribution in [0.4, 0.5) is 0 Å². The number of unbranched alkanes of at least 4 members (excludes halogenated alkanes) is 3. The van der Waals surface area contributed by atoms with Gasteiger partial charge in [0.2, 0.25) is 0 Å². The van der Waals surface area contributed by atoms with Gasteiger partial charge in [-0.15, -0.1) is 0 Å². The third-order valence-corrected chi connectivity index (χ3v) is 4.37. The molecule has 0 aliphatic heterocycles. The highest BCUT2D eigenvalue weighted by molar-refractivity contribution is 5.94. The maximum absolute atomic E-state index is 12.2. The molecule has 4 heteroatoms. The van der Waals surface area contributed by atoms with Gasteiger partial charge in [0.1, 0.15) is 5.75 Å². The van der Waals surface area contributed by atoms with E-state index in [1.807, 2.05) is 24.3 Å². The van der Waals surface area contributed by atoms with Gasteiger partial charge in [0, 0.05) is 30.7 Å². The molecule has 0 atom stereocenters. The van der Waals surface area contributed by atoms with Gasteiger partial charge in [-0.1, -0.05) is 26.2 Å². The number of hydrogen-bond acceptors (Lipinski definition) is 3. The van der Waals surface area contributed by atoms with E-state index in [0.717, 1.165) is 25.3 Å². The third kappa shape index (κ3) is 8.39. The van der Waals surface area contributed by atoms with E-state index < -0.39 is 0 Å². The largest absolute Gasteiger partial charge is 0.494 e. The van der Waals surface area contributed by atoms with Gasteiger partial charge in [0.05, 0.1) is 6.61 Å². The van der Waals surface area contributed by atoms with E-state index in [0.29, 0.717) is 24.2 Å². The van der Waals surface area contributed by atoms with Crippen molar-refractivity contribution in [2.45, 2.75) is 72.4 Å². The number of nitrogens with zero attached hydrogens (tertiary/aromatic N) is 1. The van der Waals surface area contributed by atoms with Crippen molar-refractivity contribution in [3.05, 3.63) is 29.8 Å². The first-order valence-corrected chi connectivity index (χ1v) is 9.72. The van der Waals surface area contributed by atoms with Gasteiger partial charge in [0.25, 0.3) is 5.91 Å². The number of hydrogen-bond donors (Lipinski definition) is 1. The lowest BCUT2D eigenvalue weighted by Gasteiger charge is -2.30. The Morgan fingerprint density at radius 3 is 2.24 bits per heavy atom. The zero-order valence-electron chi connectivity index (χ0n) is 16.7. The van der Waals surface area contributed by atoms with Crippen LogP contribution in [-0.2, 0) is 0 Å². The van der Waals surface area contributed by atoms with E-state index in [-0.39, 0.29) is 5.91 Å². The van der Waals surface area contributed by atoms with Gasteiger partial charge in [0.15, 0.2) is 0 Å². The molecule has 25 heavy (non-hydrogen) atoms. The molecule has 1 aromatic rings. The van der Waals surface area contributed by atoms with Crippen LogP contribution in [0.25, 0.3) is 0 Å². The Bertz CT molecular complexity index is 475. The Morgan fingerprint density at radius 1 is 1.04 bits per heavy atom. The summed E-state index contributed by atoms with van der Waals surface area (Å²) in [5.41, 5.74) is 0.680. The van der Waals surface area contributed by atoms with Crippen molar-refractivity contribution in [2.75, 3.05) is 19.7 Å². The Morgan fingerprint density at radius 2 is 1.68 bits per heavy atom. The van der Waals surface area contributed by atoms with Gasteiger partial charge in [-0.05, 0) is 58.4 Å². The molecule has 0 fully saturated rings. The summed E-state index contributed by atoms with van der Waals surface area (Å²) in [6, 6.07) is 8.38. The molecule has 142 valence electrons. The van der Waals surface area contributed by atoms with Crippen molar-refractivity contribution in [2.24, 2.45) is 0 Å². The molecule has 0 saturated carbocycles. The number of carbonyl (C=O) groups excluding carboxylic acids is 1. The Labute approximate surface area is 153 Å². The molecular weight excluding hydrogens is 312 g/mol. The van der Waals surface area contributed by atoms with Crippen molar-refractivity contribution in [1.82, 2.24) is 10.2 Å². The molecule has 0 saturated heterocycles.